The van der Waals surface area contributed by atoms with Crippen molar-refractivity contribution in [2.24, 2.45) is 0 Å². The molecule has 0 heterocycles. The van der Waals surface area contributed by atoms with Crippen molar-refractivity contribution < 1.29 is 42.1 Å². The first-order valence-corrected chi connectivity index (χ1v) is 26.4. The summed E-state index contributed by atoms with van der Waals surface area (Å²) >= 11 is 0. The van der Waals surface area contributed by atoms with Crippen molar-refractivity contribution in [1.29, 1.82) is 0 Å². The summed E-state index contributed by atoms with van der Waals surface area (Å²) in [5.41, 5.74) is 0. The Hall–Kier alpha value is -1.25. The van der Waals surface area contributed by atoms with Gasteiger partial charge in [0.25, 0.3) is 7.82 Å². The highest BCUT2D eigenvalue weighted by atomic mass is 31.2. The third-order valence-electron chi connectivity index (χ3n) is 11.0. The summed E-state index contributed by atoms with van der Waals surface area (Å²) in [6.45, 7) is 4.26. The molecular formula is C49H96NO8P. The zero-order valence-corrected chi connectivity index (χ0v) is 40.4. The molecule has 0 bridgehead atoms. The summed E-state index contributed by atoms with van der Waals surface area (Å²) in [6.07, 6.45) is 45.2. The van der Waals surface area contributed by atoms with E-state index in [2.05, 4.69) is 26.0 Å². The second-order valence-corrected chi connectivity index (χ2v) is 19.6. The van der Waals surface area contributed by atoms with Crippen LogP contribution < -0.4 is 4.89 Å². The highest BCUT2D eigenvalue weighted by molar-refractivity contribution is 7.45. The minimum Gasteiger partial charge on any atom is -0.756 e. The summed E-state index contributed by atoms with van der Waals surface area (Å²) in [4.78, 5) is 37.7. The van der Waals surface area contributed by atoms with Gasteiger partial charge in [-0.1, -0.05) is 199 Å². The summed E-state index contributed by atoms with van der Waals surface area (Å²) in [6, 6.07) is 0. The predicted molar refractivity (Wildman–Crippen MR) is 245 cm³/mol. The van der Waals surface area contributed by atoms with Crippen LogP contribution in [0.3, 0.4) is 0 Å². The molecule has 0 aromatic heterocycles. The van der Waals surface area contributed by atoms with E-state index in [9.17, 15) is 19.0 Å². The molecule has 0 aliphatic carbocycles. The lowest BCUT2D eigenvalue weighted by atomic mass is 10.0. The number of phosphoric ester groups is 1. The van der Waals surface area contributed by atoms with Gasteiger partial charge in [0.05, 0.1) is 27.7 Å². The van der Waals surface area contributed by atoms with Crippen molar-refractivity contribution in [2.45, 2.75) is 245 Å². The van der Waals surface area contributed by atoms with Gasteiger partial charge >= 0.3 is 11.9 Å². The molecule has 0 aromatic carbocycles. The molecule has 10 heteroatoms. The number of hydrogen-bond acceptors (Lipinski definition) is 8. The van der Waals surface area contributed by atoms with Crippen LogP contribution in [0, 0.1) is 0 Å². The average molecular weight is 858 g/mol. The minimum atomic E-state index is -4.62. The van der Waals surface area contributed by atoms with E-state index >= 15 is 0 Å². The quantitative estimate of drug-likeness (QED) is 0.0196. The summed E-state index contributed by atoms with van der Waals surface area (Å²) < 4.78 is 34.0. The Morgan fingerprint density at radius 1 is 0.508 bits per heavy atom. The number of esters is 2. The van der Waals surface area contributed by atoms with Gasteiger partial charge < -0.3 is 27.9 Å². The van der Waals surface area contributed by atoms with Gasteiger partial charge in [0, 0.05) is 12.8 Å². The lowest BCUT2D eigenvalue weighted by Gasteiger charge is -2.28. The normalized spacial score (nSPS) is 13.5. The number of unbranched alkanes of at least 4 members (excludes halogenated alkanes) is 30. The van der Waals surface area contributed by atoms with E-state index in [0.29, 0.717) is 17.4 Å². The van der Waals surface area contributed by atoms with Crippen molar-refractivity contribution in [3.63, 3.8) is 0 Å². The van der Waals surface area contributed by atoms with Gasteiger partial charge in [0.15, 0.2) is 6.10 Å². The standard InChI is InChI=1S/C49H96NO8P/c1-6-8-10-12-14-16-18-20-22-24-26-27-29-31-33-35-37-39-41-48(51)55-45-47(46-57-59(53,54)56-44-43-50(3,4)5)58-49(52)42-40-38-36-34-32-30-28-25-23-21-19-17-15-13-11-9-7-2/h21,23,47H,6-20,22,24-46H2,1-5H3/b23-21+/t47-/m1/s1. The van der Waals surface area contributed by atoms with Crippen molar-refractivity contribution in [3.8, 4) is 0 Å². The van der Waals surface area contributed by atoms with Crippen LogP contribution in [0.15, 0.2) is 12.2 Å². The Morgan fingerprint density at radius 2 is 0.864 bits per heavy atom. The molecule has 1 unspecified atom stereocenters. The number of allylic oxidation sites excluding steroid dienone is 2. The highest BCUT2D eigenvalue weighted by Gasteiger charge is 2.21. The van der Waals surface area contributed by atoms with Crippen LogP contribution in [0.2, 0.25) is 0 Å². The van der Waals surface area contributed by atoms with Gasteiger partial charge in [-0.3, -0.25) is 14.2 Å². The van der Waals surface area contributed by atoms with Crippen molar-refractivity contribution in [2.75, 3.05) is 47.5 Å². The lowest BCUT2D eigenvalue weighted by Crippen LogP contribution is -2.37. The van der Waals surface area contributed by atoms with Crippen molar-refractivity contribution in [3.05, 3.63) is 12.2 Å². The molecule has 0 saturated carbocycles. The summed E-state index contributed by atoms with van der Waals surface area (Å²) in [5, 5.41) is 0. The molecule has 9 nitrogen and oxygen atoms in total. The fourth-order valence-corrected chi connectivity index (χ4v) is 7.85. The van der Waals surface area contributed by atoms with Crippen molar-refractivity contribution in [1.82, 2.24) is 0 Å². The second kappa shape index (κ2) is 42.1. The Bertz CT molecular complexity index is 1020. The minimum absolute atomic E-state index is 0.0283. The second-order valence-electron chi connectivity index (χ2n) is 18.2. The van der Waals surface area contributed by atoms with Gasteiger partial charge in [-0.2, -0.15) is 0 Å². The monoisotopic (exact) mass is 858 g/mol. The van der Waals surface area contributed by atoms with E-state index < -0.39 is 26.5 Å². The molecule has 59 heavy (non-hydrogen) atoms. The molecule has 0 radical (unpaired) electrons. The first-order chi connectivity index (χ1) is 28.5. The number of nitrogens with zero attached hydrogens (tertiary/aromatic N) is 1. The largest absolute Gasteiger partial charge is 0.756 e. The lowest BCUT2D eigenvalue weighted by molar-refractivity contribution is -0.870. The van der Waals surface area contributed by atoms with Gasteiger partial charge in [0.2, 0.25) is 0 Å². The number of hydrogen-bond donors (Lipinski definition) is 0. The average Bonchev–Trinajstić information content (AvgIpc) is 3.19. The van der Waals surface area contributed by atoms with E-state index in [4.69, 9.17) is 18.5 Å². The third-order valence-corrected chi connectivity index (χ3v) is 12.0. The van der Waals surface area contributed by atoms with Crippen LogP contribution >= 0.6 is 7.82 Å². The van der Waals surface area contributed by atoms with Crippen LogP contribution in [0.5, 0.6) is 0 Å². The fraction of sp³-hybridized carbons (Fsp3) is 0.918. The number of quaternary nitrogens is 1. The van der Waals surface area contributed by atoms with Crippen LogP contribution in [-0.2, 0) is 32.7 Å². The maximum Gasteiger partial charge on any atom is 0.306 e. The Balaban J connectivity index is 4.25. The SMILES string of the molecule is CCCCCCCC/C=C/CCCCCCCCCC(=O)O[C@H](COC(=O)CCCCCCCCCCCCCCCCCCCC)COP(=O)([O-])OCC[N+](C)(C)C. The fourth-order valence-electron chi connectivity index (χ4n) is 7.12. The van der Waals surface area contributed by atoms with E-state index in [1.165, 1.54) is 161 Å². The van der Waals surface area contributed by atoms with Gasteiger partial charge in [-0.15, -0.1) is 0 Å². The van der Waals surface area contributed by atoms with Crippen LogP contribution in [-0.4, -0.2) is 70.0 Å². The third kappa shape index (κ3) is 46.1. The number of phosphoric acid groups is 1. The molecule has 0 N–H and O–H groups in total. The zero-order chi connectivity index (χ0) is 43.6. The maximum absolute atomic E-state index is 12.7. The van der Waals surface area contributed by atoms with Gasteiger partial charge in [-0.05, 0) is 38.5 Å². The van der Waals surface area contributed by atoms with Crippen molar-refractivity contribution >= 4 is 19.8 Å². The molecule has 0 amide bonds. The summed E-state index contributed by atoms with van der Waals surface area (Å²) in [5.74, 6) is -0.825. The Morgan fingerprint density at radius 3 is 1.25 bits per heavy atom. The molecule has 0 aliphatic rings. The van der Waals surface area contributed by atoms with E-state index in [1.807, 2.05) is 21.1 Å². The molecule has 0 saturated heterocycles. The number of ether oxygens (including phenoxy) is 2. The molecule has 2 atom stereocenters. The summed E-state index contributed by atoms with van der Waals surface area (Å²) in [7, 11) is 1.18. The first-order valence-electron chi connectivity index (χ1n) is 24.9. The number of carbonyl (C=O) groups excluding carboxylic acids is 2. The van der Waals surface area contributed by atoms with Crippen LogP contribution in [0.4, 0.5) is 0 Å². The van der Waals surface area contributed by atoms with E-state index in [0.717, 1.165) is 44.9 Å². The molecule has 350 valence electrons. The predicted octanol–water partition coefficient (Wildman–Crippen LogP) is 13.9. The molecule has 0 rings (SSSR count). The first kappa shape index (κ1) is 57.8. The van der Waals surface area contributed by atoms with Gasteiger partial charge in [0.1, 0.15) is 19.8 Å². The zero-order valence-electron chi connectivity index (χ0n) is 39.5. The smallest absolute Gasteiger partial charge is 0.306 e. The maximum atomic E-state index is 12.7. The molecule has 0 aromatic rings. The van der Waals surface area contributed by atoms with E-state index in [-0.39, 0.29) is 32.0 Å². The highest BCUT2D eigenvalue weighted by Crippen LogP contribution is 2.38. The van der Waals surface area contributed by atoms with E-state index in [1.54, 1.807) is 0 Å². The number of carbonyl (C=O) groups is 2. The molecular weight excluding hydrogens is 762 g/mol. The van der Waals surface area contributed by atoms with Crippen LogP contribution in [0.1, 0.15) is 239 Å². The Kier molecular flexibility index (Phi) is 41.2. The topological polar surface area (TPSA) is 111 Å². The molecule has 0 fully saturated rings. The van der Waals surface area contributed by atoms with Crippen LogP contribution in [0.25, 0.3) is 0 Å². The molecule has 0 aliphatic heterocycles. The Labute approximate surface area is 365 Å². The number of rotatable bonds is 46. The number of likely N-dealkylation sites (N-methyl/N-ethyl adjacent to an activating group) is 1. The van der Waals surface area contributed by atoms with Gasteiger partial charge in [-0.25, -0.2) is 0 Å². The molecule has 0 spiro atoms.